The molecular weight excluding hydrogens is 285 g/mol. The van der Waals surface area contributed by atoms with E-state index in [-0.39, 0.29) is 12.1 Å². The first-order chi connectivity index (χ1) is 9.11. The molecule has 0 heterocycles. The second kappa shape index (κ2) is 6.47. The number of hydrogen-bond acceptors (Lipinski definition) is 3. The topological polar surface area (TPSA) is 43.7 Å². The first-order valence-corrected chi connectivity index (χ1v) is 5.67. The third-order valence-electron chi connectivity index (χ3n) is 2.66. The molecule has 1 rings (SSSR count). The van der Waals surface area contributed by atoms with Crippen LogP contribution in [0.15, 0.2) is 18.2 Å². The highest BCUT2D eigenvalue weighted by atomic mass is 19.4. The van der Waals surface area contributed by atoms with E-state index in [1.165, 1.54) is 7.05 Å². The van der Waals surface area contributed by atoms with E-state index in [2.05, 4.69) is 0 Å². The average Bonchev–Trinajstić information content (AvgIpc) is 2.30. The third-order valence-corrected chi connectivity index (χ3v) is 2.66. The molecule has 0 aliphatic heterocycles. The number of rotatable bonds is 5. The zero-order valence-electron chi connectivity index (χ0n) is 10.5. The Balaban J connectivity index is 2.66. The minimum absolute atomic E-state index is 0.349. The summed E-state index contributed by atoms with van der Waals surface area (Å²) in [4.78, 5) is 0.979. The highest BCUT2D eigenvalue weighted by molar-refractivity contribution is 5.21. The van der Waals surface area contributed by atoms with E-state index < -0.39 is 36.6 Å². The van der Waals surface area contributed by atoms with Crippen LogP contribution in [0.3, 0.4) is 0 Å². The Bertz CT molecular complexity index is 452. The number of hydrogen-bond donors (Lipinski definition) is 2. The molecule has 0 bridgehead atoms. The molecule has 0 radical (unpaired) electrons. The molecule has 8 heteroatoms. The van der Waals surface area contributed by atoms with Gasteiger partial charge in [0.05, 0.1) is 6.10 Å². The fourth-order valence-electron chi connectivity index (χ4n) is 1.64. The minimum atomic E-state index is -4.77. The SMILES string of the molecule is CN(CC(O)c1cc(F)ccc1F)CC(O)C(F)(F)F. The van der Waals surface area contributed by atoms with Crippen molar-refractivity contribution >= 4 is 0 Å². The van der Waals surface area contributed by atoms with Crippen molar-refractivity contribution in [2.24, 2.45) is 0 Å². The third kappa shape index (κ3) is 4.69. The van der Waals surface area contributed by atoms with Crippen LogP contribution in [0.1, 0.15) is 11.7 Å². The number of aliphatic hydroxyl groups is 2. The van der Waals surface area contributed by atoms with Gasteiger partial charge >= 0.3 is 6.18 Å². The van der Waals surface area contributed by atoms with Crippen LogP contribution < -0.4 is 0 Å². The number of aliphatic hydroxyl groups excluding tert-OH is 2. The summed E-state index contributed by atoms with van der Waals surface area (Å²) < 4.78 is 62.7. The van der Waals surface area contributed by atoms with Gasteiger partial charge in [0.1, 0.15) is 11.6 Å². The van der Waals surface area contributed by atoms with E-state index >= 15 is 0 Å². The maximum Gasteiger partial charge on any atom is 0.415 e. The molecule has 2 unspecified atom stereocenters. The average molecular weight is 299 g/mol. The molecule has 0 aliphatic carbocycles. The summed E-state index contributed by atoms with van der Waals surface area (Å²) in [6, 6.07) is 2.45. The van der Waals surface area contributed by atoms with Crippen molar-refractivity contribution in [2.45, 2.75) is 18.4 Å². The highest BCUT2D eigenvalue weighted by Gasteiger charge is 2.38. The zero-order chi connectivity index (χ0) is 15.5. The monoisotopic (exact) mass is 299 g/mol. The van der Waals surface area contributed by atoms with Crippen LogP contribution in [0.25, 0.3) is 0 Å². The molecule has 1 aromatic carbocycles. The summed E-state index contributed by atoms with van der Waals surface area (Å²) >= 11 is 0. The van der Waals surface area contributed by atoms with Gasteiger partial charge in [0, 0.05) is 18.7 Å². The van der Waals surface area contributed by atoms with Crippen molar-refractivity contribution in [2.75, 3.05) is 20.1 Å². The lowest BCUT2D eigenvalue weighted by Crippen LogP contribution is -2.40. The predicted octanol–water partition coefficient (Wildman–Crippen LogP) is 1.85. The molecule has 0 saturated heterocycles. The van der Waals surface area contributed by atoms with Gasteiger partial charge in [-0.15, -0.1) is 0 Å². The quantitative estimate of drug-likeness (QED) is 0.816. The summed E-state index contributed by atoms with van der Waals surface area (Å²) in [5, 5.41) is 18.6. The normalized spacial score (nSPS) is 15.4. The van der Waals surface area contributed by atoms with Gasteiger partial charge in [0.15, 0.2) is 6.10 Å². The molecule has 2 atom stereocenters. The molecule has 114 valence electrons. The Labute approximate surface area is 112 Å². The van der Waals surface area contributed by atoms with Crippen LogP contribution in [0.4, 0.5) is 22.0 Å². The predicted molar refractivity (Wildman–Crippen MR) is 60.9 cm³/mol. The van der Waals surface area contributed by atoms with Crippen LogP contribution in [0.5, 0.6) is 0 Å². The van der Waals surface area contributed by atoms with Gasteiger partial charge in [-0.3, -0.25) is 0 Å². The standard InChI is InChI=1S/C12H14F5NO2/c1-18(6-11(20)12(15,16)17)5-10(19)8-4-7(13)2-3-9(8)14/h2-4,10-11,19-20H,5-6H2,1H3. The van der Waals surface area contributed by atoms with Crippen molar-refractivity contribution in [3.8, 4) is 0 Å². The van der Waals surface area contributed by atoms with Crippen molar-refractivity contribution < 1.29 is 32.2 Å². The van der Waals surface area contributed by atoms with Gasteiger partial charge in [0.25, 0.3) is 0 Å². The Morgan fingerprint density at radius 2 is 1.75 bits per heavy atom. The van der Waals surface area contributed by atoms with E-state index in [0.29, 0.717) is 0 Å². The van der Waals surface area contributed by atoms with E-state index in [1.54, 1.807) is 0 Å². The van der Waals surface area contributed by atoms with Gasteiger partial charge < -0.3 is 15.1 Å². The molecule has 0 spiro atoms. The molecular formula is C12H14F5NO2. The minimum Gasteiger partial charge on any atom is -0.387 e. The molecule has 0 aliphatic rings. The smallest absolute Gasteiger partial charge is 0.387 e. The second-order valence-electron chi connectivity index (χ2n) is 4.46. The van der Waals surface area contributed by atoms with Crippen molar-refractivity contribution in [1.29, 1.82) is 0 Å². The Kier molecular flexibility index (Phi) is 5.43. The number of benzene rings is 1. The van der Waals surface area contributed by atoms with Gasteiger partial charge in [-0.25, -0.2) is 8.78 Å². The van der Waals surface area contributed by atoms with Gasteiger partial charge in [-0.1, -0.05) is 0 Å². The maximum absolute atomic E-state index is 13.3. The van der Waals surface area contributed by atoms with Crippen molar-refractivity contribution in [3.05, 3.63) is 35.4 Å². The summed E-state index contributed by atoms with van der Waals surface area (Å²) in [7, 11) is 1.22. The first-order valence-electron chi connectivity index (χ1n) is 5.67. The molecule has 1 aromatic rings. The largest absolute Gasteiger partial charge is 0.415 e. The number of likely N-dealkylation sites (N-methyl/N-ethyl adjacent to an activating group) is 1. The fraction of sp³-hybridized carbons (Fsp3) is 0.500. The highest BCUT2D eigenvalue weighted by Crippen LogP contribution is 2.22. The molecule has 0 aromatic heterocycles. The molecule has 2 N–H and O–H groups in total. The Morgan fingerprint density at radius 1 is 1.15 bits per heavy atom. The van der Waals surface area contributed by atoms with Gasteiger partial charge in [-0.05, 0) is 25.2 Å². The van der Waals surface area contributed by atoms with Crippen LogP contribution in [-0.4, -0.2) is 47.5 Å². The first kappa shape index (κ1) is 16.8. The second-order valence-corrected chi connectivity index (χ2v) is 4.46. The van der Waals surface area contributed by atoms with E-state index in [9.17, 15) is 27.1 Å². The zero-order valence-corrected chi connectivity index (χ0v) is 10.5. The van der Waals surface area contributed by atoms with E-state index in [0.717, 1.165) is 23.1 Å². The number of alkyl halides is 3. The molecule has 3 nitrogen and oxygen atoms in total. The molecule has 20 heavy (non-hydrogen) atoms. The Hall–Kier alpha value is -1.25. The van der Waals surface area contributed by atoms with Gasteiger partial charge in [0.2, 0.25) is 0 Å². The van der Waals surface area contributed by atoms with Crippen LogP contribution >= 0.6 is 0 Å². The van der Waals surface area contributed by atoms with Crippen LogP contribution in [0, 0.1) is 11.6 Å². The summed E-state index contributed by atoms with van der Waals surface area (Å²) in [6.45, 7) is -1.16. The number of nitrogens with zero attached hydrogens (tertiary/aromatic N) is 1. The molecule has 0 amide bonds. The maximum atomic E-state index is 13.3. The summed E-state index contributed by atoms with van der Waals surface area (Å²) in [6.07, 6.45) is -8.85. The van der Waals surface area contributed by atoms with E-state index in [1.807, 2.05) is 0 Å². The molecule has 0 fully saturated rings. The van der Waals surface area contributed by atoms with Crippen molar-refractivity contribution in [3.63, 3.8) is 0 Å². The summed E-state index contributed by atoms with van der Waals surface area (Å²) in [5.41, 5.74) is -0.349. The van der Waals surface area contributed by atoms with Gasteiger partial charge in [-0.2, -0.15) is 13.2 Å². The van der Waals surface area contributed by atoms with E-state index in [4.69, 9.17) is 5.11 Å². The molecule has 0 saturated carbocycles. The van der Waals surface area contributed by atoms with Crippen LogP contribution in [-0.2, 0) is 0 Å². The fourth-order valence-corrected chi connectivity index (χ4v) is 1.64. The lowest BCUT2D eigenvalue weighted by Gasteiger charge is -2.24. The number of halogens is 5. The summed E-state index contributed by atoms with van der Waals surface area (Å²) in [5.74, 6) is -1.62. The van der Waals surface area contributed by atoms with Crippen molar-refractivity contribution in [1.82, 2.24) is 4.90 Å². The lowest BCUT2D eigenvalue weighted by atomic mass is 10.1. The lowest BCUT2D eigenvalue weighted by molar-refractivity contribution is -0.207. The van der Waals surface area contributed by atoms with Crippen LogP contribution in [0.2, 0.25) is 0 Å². The Morgan fingerprint density at radius 3 is 2.30 bits per heavy atom.